The van der Waals surface area contributed by atoms with Crippen molar-refractivity contribution in [3.63, 3.8) is 0 Å². The van der Waals surface area contributed by atoms with E-state index in [1.807, 2.05) is 19.9 Å². The van der Waals surface area contributed by atoms with Gasteiger partial charge in [0.2, 0.25) is 0 Å². The fourth-order valence-corrected chi connectivity index (χ4v) is 4.15. The summed E-state index contributed by atoms with van der Waals surface area (Å²) < 4.78 is 12.3. The van der Waals surface area contributed by atoms with Crippen LogP contribution >= 0.6 is 39.9 Å². The van der Waals surface area contributed by atoms with Crippen molar-refractivity contribution in [2.75, 3.05) is 19.8 Å². The minimum atomic E-state index is -0.972. The van der Waals surface area contributed by atoms with Crippen LogP contribution < -0.4 is 9.47 Å². The Bertz CT molecular complexity index is 766. The first-order chi connectivity index (χ1) is 12.4. The molecule has 1 aliphatic rings. The van der Waals surface area contributed by atoms with Gasteiger partial charge < -0.3 is 14.6 Å². The Balaban J connectivity index is 2.30. The third kappa shape index (κ3) is 4.99. The number of amides is 1. The van der Waals surface area contributed by atoms with Crippen molar-refractivity contribution in [2.24, 2.45) is 0 Å². The van der Waals surface area contributed by atoms with Crippen molar-refractivity contribution in [1.82, 2.24) is 4.90 Å². The molecule has 0 aliphatic carbocycles. The smallest absolute Gasteiger partial charge is 0.305 e. The summed E-state index contributed by atoms with van der Waals surface area (Å²) in [4.78, 5) is 25.0. The minimum Gasteiger partial charge on any atom is -0.490 e. The lowest BCUT2D eigenvalue weighted by atomic mass is 10.2. The van der Waals surface area contributed by atoms with Gasteiger partial charge in [-0.05, 0) is 53.5 Å². The van der Waals surface area contributed by atoms with E-state index in [0.717, 1.165) is 21.8 Å². The van der Waals surface area contributed by atoms with E-state index in [0.29, 0.717) is 33.9 Å². The maximum atomic E-state index is 12.5. The average molecular weight is 460 g/mol. The Morgan fingerprint density at radius 3 is 2.65 bits per heavy atom. The number of ether oxygens (including phenoxy) is 2. The quantitative estimate of drug-likeness (QED) is 0.466. The highest BCUT2D eigenvalue weighted by molar-refractivity contribution is 9.10. The zero-order valence-corrected chi connectivity index (χ0v) is 17.5. The van der Waals surface area contributed by atoms with Gasteiger partial charge in [0.25, 0.3) is 5.91 Å². The molecule has 0 bridgehead atoms. The number of rotatable bonds is 8. The molecule has 0 saturated carbocycles. The third-order valence-corrected chi connectivity index (χ3v) is 5.31. The highest BCUT2D eigenvalue weighted by atomic mass is 79.9. The number of thiocarbonyl (C=S) groups is 1. The van der Waals surface area contributed by atoms with Crippen LogP contribution in [0.25, 0.3) is 6.08 Å². The van der Waals surface area contributed by atoms with E-state index >= 15 is 0 Å². The van der Waals surface area contributed by atoms with Crippen molar-refractivity contribution < 1.29 is 24.2 Å². The van der Waals surface area contributed by atoms with Crippen molar-refractivity contribution in [3.05, 3.63) is 27.1 Å². The van der Waals surface area contributed by atoms with Gasteiger partial charge in [0.15, 0.2) is 11.5 Å². The van der Waals surface area contributed by atoms with Crippen molar-refractivity contribution in [3.8, 4) is 11.5 Å². The fraction of sp³-hybridized carbons (Fsp3) is 0.353. The first kappa shape index (κ1) is 20.7. The number of carbonyl (C=O) groups is 2. The molecule has 1 aromatic rings. The van der Waals surface area contributed by atoms with Crippen molar-refractivity contribution in [2.45, 2.75) is 20.3 Å². The van der Waals surface area contributed by atoms with Gasteiger partial charge in [0.1, 0.15) is 4.32 Å². The molecule has 0 radical (unpaired) electrons. The SMILES string of the molecule is CCOc1cc(/C=C2/SC(=S)N(CCC(=O)O)C2=O)cc(Br)c1OCC. The molecular formula is C17H18BrNO5S2. The molecule has 1 fully saturated rings. The number of carboxylic acid groups (broad SMARTS) is 1. The lowest BCUT2D eigenvalue weighted by molar-refractivity contribution is -0.137. The summed E-state index contributed by atoms with van der Waals surface area (Å²) in [5.74, 6) is -0.0686. The first-order valence-electron chi connectivity index (χ1n) is 7.93. The first-order valence-corrected chi connectivity index (χ1v) is 9.95. The lowest BCUT2D eigenvalue weighted by Gasteiger charge is -2.14. The molecule has 1 amide bonds. The van der Waals surface area contributed by atoms with Gasteiger partial charge in [0.05, 0.1) is 29.0 Å². The largest absolute Gasteiger partial charge is 0.490 e. The Kier molecular flexibility index (Phi) is 7.48. The van der Waals surface area contributed by atoms with Gasteiger partial charge in [-0.3, -0.25) is 14.5 Å². The molecule has 0 aromatic heterocycles. The molecule has 1 aliphatic heterocycles. The lowest BCUT2D eigenvalue weighted by Crippen LogP contribution is -2.30. The topological polar surface area (TPSA) is 76.1 Å². The molecule has 0 spiro atoms. The molecule has 0 unspecified atom stereocenters. The van der Waals surface area contributed by atoms with Crippen LogP contribution in [-0.2, 0) is 9.59 Å². The Morgan fingerprint density at radius 1 is 1.35 bits per heavy atom. The number of nitrogens with zero attached hydrogens (tertiary/aromatic N) is 1. The second-order valence-electron chi connectivity index (χ2n) is 5.17. The number of hydrogen-bond acceptors (Lipinski definition) is 6. The second kappa shape index (κ2) is 9.38. The predicted octanol–water partition coefficient (Wildman–Crippen LogP) is 3.92. The second-order valence-corrected chi connectivity index (χ2v) is 7.70. The fourth-order valence-electron chi connectivity index (χ4n) is 2.27. The molecule has 1 heterocycles. The molecule has 26 heavy (non-hydrogen) atoms. The van der Waals surface area contributed by atoms with E-state index in [2.05, 4.69) is 15.9 Å². The molecule has 1 saturated heterocycles. The number of halogens is 1. The normalized spacial score (nSPS) is 15.7. The summed E-state index contributed by atoms with van der Waals surface area (Å²) >= 11 is 9.82. The average Bonchev–Trinajstić information content (AvgIpc) is 2.83. The van der Waals surface area contributed by atoms with Gasteiger partial charge in [-0.1, -0.05) is 24.0 Å². The van der Waals surface area contributed by atoms with Gasteiger partial charge >= 0.3 is 5.97 Å². The number of carbonyl (C=O) groups excluding carboxylic acids is 1. The van der Waals surface area contributed by atoms with Crippen molar-refractivity contribution >= 4 is 62.2 Å². The number of carboxylic acids is 1. The molecule has 1 N–H and O–H groups in total. The molecule has 9 heteroatoms. The van der Waals surface area contributed by atoms with Crippen LogP contribution in [-0.4, -0.2) is 46.0 Å². The van der Waals surface area contributed by atoms with Crippen LogP contribution in [0.5, 0.6) is 11.5 Å². The Morgan fingerprint density at radius 2 is 2.04 bits per heavy atom. The van der Waals surface area contributed by atoms with Crippen molar-refractivity contribution in [1.29, 1.82) is 0 Å². The van der Waals surface area contributed by atoms with Crippen LogP contribution in [0.15, 0.2) is 21.5 Å². The summed E-state index contributed by atoms with van der Waals surface area (Å²) in [5, 5.41) is 8.80. The highest BCUT2D eigenvalue weighted by Gasteiger charge is 2.32. The summed E-state index contributed by atoms with van der Waals surface area (Å²) in [6, 6.07) is 3.63. The molecule has 2 rings (SSSR count). The maximum Gasteiger partial charge on any atom is 0.305 e. The molecular weight excluding hydrogens is 442 g/mol. The standard InChI is InChI=1S/C17H18BrNO5S2/c1-3-23-12-8-10(7-11(18)15(12)24-4-2)9-13-16(22)19(17(25)26-13)6-5-14(20)21/h7-9H,3-6H2,1-2H3,(H,20,21)/b13-9+. The van der Waals surface area contributed by atoms with Gasteiger partial charge in [-0.25, -0.2) is 0 Å². The number of benzene rings is 1. The van der Waals surface area contributed by atoms with E-state index in [4.69, 9.17) is 26.8 Å². The Hall–Kier alpha value is -1.58. The zero-order valence-electron chi connectivity index (χ0n) is 14.3. The number of hydrogen-bond donors (Lipinski definition) is 1. The zero-order chi connectivity index (χ0) is 19.3. The minimum absolute atomic E-state index is 0.0640. The van der Waals surface area contributed by atoms with Gasteiger partial charge in [-0.15, -0.1) is 0 Å². The highest BCUT2D eigenvalue weighted by Crippen LogP contribution is 2.39. The van der Waals surface area contributed by atoms with E-state index in [1.165, 1.54) is 4.90 Å². The summed E-state index contributed by atoms with van der Waals surface area (Å²) in [7, 11) is 0. The monoisotopic (exact) mass is 459 g/mol. The molecule has 6 nitrogen and oxygen atoms in total. The van der Waals surface area contributed by atoms with Gasteiger partial charge in [-0.2, -0.15) is 0 Å². The van der Waals surface area contributed by atoms with Crippen LogP contribution in [0.3, 0.4) is 0 Å². The Labute approximate surface area is 169 Å². The molecule has 1 aromatic carbocycles. The van der Waals surface area contributed by atoms with E-state index in [9.17, 15) is 9.59 Å². The van der Waals surface area contributed by atoms with E-state index in [-0.39, 0.29) is 18.9 Å². The summed E-state index contributed by atoms with van der Waals surface area (Å²) in [6.07, 6.45) is 1.56. The number of thioether (sulfide) groups is 1. The van der Waals surface area contributed by atoms with Crippen LogP contribution in [0.4, 0.5) is 0 Å². The predicted molar refractivity (Wildman–Crippen MR) is 109 cm³/mol. The molecule has 140 valence electrons. The summed E-state index contributed by atoms with van der Waals surface area (Å²) in [6.45, 7) is 4.81. The summed E-state index contributed by atoms with van der Waals surface area (Å²) in [5.41, 5.74) is 0.752. The maximum absolute atomic E-state index is 12.5. The van der Waals surface area contributed by atoms with Crippen LogP contribution in [0.1, 0.15) is 25.8 Å². The number of aliphatic carboxylic acids is 1. The molecule has 0 atom stereocenters. The van der Waals surface area contributed by atoms with Gasteiger partial charge in [0, 0.05) is 6.54 Å². The van der Waals surface area contributed by atoms with Crippen LogP contribution in [0.2, 0.25) is 0 Å². The third-order valence-electron chi connectivity index (χ3n) is 3.34. The van der Waals surface area contributed by atoms with E-state index in [1.54, 1.807) is 12.1 Å². The van der Waals surface area contributed by atoms with Crippen LogP contribution in [0, 0.1) is 0 Å². The van der Waals surface area contributed by atoms with E-state index < -0.39 is 5.97 Å².